The van der Waals surface area contributed by atoms with E-state index < -0.39 is 5.54 Å². The molecule has 1 aromatic carbocycles. The van der Waals surface area contributed by atoms with Crippen LogP contribution in [0.2, 0.25) is 0 Å². The normalized spacial score (nSPS) is 19.2. The Morgan fingerprint density at radius 3 is 2.03 bits per heavy atom. The Kier molecular flexibility index (Phi) is 6.01. The highest BCUT2D eigenvalue weighted by atomic mass is 16.2. The number of benzene rings is 1. The van der Waals surface area contributed by atoms with Crippen LogP contribution >= 0.6 is 0 Å². The van der Waals surface area contributed by atoms with Crippen LogP contribution in [-0.4, -0.2) is 64.3 Å². The van der Waals surface area contributed by atoms with Gasteiger partial charge in [0.05, 0.1) is 0 Å². The molecule has 2 fully saturated rings. The summed E-state index contributed by atoms with van der Waals surface area (Å²) in [6.07, 6.45) is 0.993. The van der Waals surface area contributed by atoms with Gasteiger partial charge in [0.25, 0.3) is 11.8 Å². The van der Waals surface area contributed by atoms with E-state index in [0.717, 1.165) is 5.56 Å². The number of amides is 4. The van der Waals surface area contributed by atoms with Crippen LogP contribution in [0.5, 0.6) is 0 Å². The minimum absolute atomic E-state index is 0.00827. The number of piperidine rings is 1. The molecule has 0 N–H and O–H groups in total. The van der Waals surface area contributed by atoms with Crippen molar-refractivity contribution in [2.75, 3.05) is 26.2 Å². The molecule has 0 saturated carbocycles. The van der Waals surface area contributed by atoms with Gasteiger partial charge in [-0.05, 0) is 43.7 Å². The van der Waals surface area contributed by atoms with Crippen LogP contribution in [-0.2, 0) is 4.79 Å². The van der Waals surface area contributed by atoms with Crippen LogP contribution in [0.15, 0.2) is 24.3 Å². The molecule has 1 aromatic rings. The van der Waals surface area contributed by atoms with E-state index in [2.05, 4.69) is 13.8 Å². The van der Waals surface area contributed by atoms with Crippen molar-refractivity contribution in [3.63, 3.8) is 0 Å². The Morgan fingerprint density at radius 2 is 1.52 bits per heavy atom. The maximum Gasteiger partial charge on any atom is 0.327 e. The molecule has 6 nitrogen and oxygen atoms in total. The molecule has 0 aromatic heterocycles. The quantitative estimate of drug-likeness (QED) is 0.712. The first-order valence-electron chi connectivity index (χ1n) is 10.6. The van der Waals surface area contributed by atoms with Gasteiger partial charge in [0, 0.05) is 31.7 Å². The smallest absolute Gasteiger partial charge is 0.327 e. The number of hydrogen-bond acceptors (Lipinski definition) is 3. The minimum atomic E-state index is -0.805. The summed E-state index contributed by atoms with van der Waals surface area (Å²) in [5, 5.41) is 0. The van der Waals surface area contributed by atoms with Crippen LogP contribution in [0.1, 0.15) is 56.5 Å². The first kappa shape index (κ1) is 21.3. The van der Waals surface area contributed by atoms with Crippen molar-refractivity contribution in [2.24, 2.45) is 11.8 Å². The molecular weight excluding hydrogens is 366 g/mol. The summed E-state index contributed by atoms with van der Waals surface area (Å²) in [6.45, 7) is 12.1. The molecule has 2 aliphatic heterocycles. The van der Waals surface area contributed by atoms with Gasteiger partial charge in [-0.15, -0.1) is 0 Å². The van der Waals surface area contributed by atoms with Gasteiger partial charge in [0.2, 0.25) is 0 Å². The third kappa shape index (κ3) is 4.02. The SMILES string of the molecule is Cc1ccc(C(=O)N2CCC3(CC2)C(=O)N(CC(C)C)C(=O)N3CC(C)C)cc1. The summed E-state index contributed by atoms with van der Waals surface area (Å²) in [4.78, 5) is 44.4. The standard InChI is InChI=1S/C23H33N3O3/c1-16(2)14-25-21(28)23(26(22(25)29)15-17(3)4)10-12-24(13-11-23)20(27)19-8-6-18(5)7-9-19/h6-9,16-17H,10-15H2,1-5H3. The number of aryl methyl sites for hydroxylation is 1. The first-order valence-corrected chi connectivity index (χ1v) is 10.6. The molecular formula is C23H33N3O3. The summed E-state index contributed by atoms with van der Waals surface area (Å²) in [6, 6.07) is 7.40. The van der Waals surface area contributed by atoms with Crippen LogP contribution in [0.25, 0.3) is 0 Å². The molecule has 1 spiro atoms. The van der Waals surface area contributed by atoms with Crippen molar-refractivity contribution in [3.8, 4) is 0 Å². The number of carbonyl (C=O) groups is 3. The van der Waals surface area contributed by atoms with Gasteiger partial charge < -0.3 is 9.80 Å². The molecule has 2 saturated heterocycles. The molecule has 0 aliphatic carbocycles. The molecule has 29 heavy (non-hydrogen) atoms. The fraction of sp³-hybridized carbons (Fsp3) is 0.609. The lowest BCUT2D eigenvalue weighted by atomic mass is 9.85. The highest BCUT2D eigenvalue weighted by molar-refractivity contribution is 6.07. The zero-order valence-corrected chi connectivity index (χ0v) is 18.3. The predicted octanol–water partition coefficient (Wildman–Crippen LogP) is 3.55. The van der Waals surface area contributed by atoms with Crippen molar-refractivity contribution in [1.82, 2.24) is 14.7 Å². The highest BCUT2D eigenvalue weighted by Gasteiger charge is 2.58. The van der Waals surface area contributed by atoms with E-state index in [1.807, 2.05) is 49.9 Å². The average Bonchev–Trinajstić information content (AvgIpc) is 2.84. The number of urea groups is 1. The van der Waals surface area contributed by atoms with E-state index in [1.54, 1.807) is 4.90 Å². The van der Waals surface area contributed by atoms with Gasteiger partial charge in [-0.25, -0.2) is 4.79 Å². The second kappa shape index (κ2) is 8.17. The Balaban J connectivity index is 1.79. The highest BCUT2D eigenvalue weighted by Crippen LogP contribution is 2.38. The molecule has 0 radical (unpaired) electrons. The maximum absolute atomic E-state index is 13.4. The van der Waals surface area contributed by atoms with Crippen LogP contribution in [0.4, 0.5) is 4.79 Å². The summed E-state index contributed by atoms with van der Waals surface area (Å²) in [5.41, 5.74) is 0.977. The molecule has 0 unspecified atom stereocenters. The van der Waals surface area contributed by atoms with Crippen molar-refractivity contribution in [3.05, 3.63) is 35.4 Å². The largest absolute Gasteiger partial charge is 0.338 e. The van der Waals surface area contributed by atoms with Crippen LogP contribution < -0.4 is 0 Å². The van der Waals surface area contributed by atoms with Crippen molar-refractivity contribution >= 4 is 17.8 Å². The third-order valence-corrected chi connectivity index (χ3v) is 5.89. The van der Waals surface area contributed by atoms with Crippen LogP contribution in [0.3, 0.4) is 0 Å². The maximum atomic E-state index is 13.4. The van der Waals surface area contributed by atoms with Crippen molar-refractivity contribution < 1.29 is 14.4 Å². The summed E-state index contributed by atoms with van der Waals surface area (Å²) < 4.78 is 0. The van der Waals surface area contributed by atoms with Gasteiger partial charge in [0.15, 0.2) is 0 Å². The fourth-order valence-corrected chi connectivity index (χ4v) is 4.37. The summed E-state index contributed by atoms with van der Waals surface area (Å²) in [7, 11) is 0. The van der Waals surface area contributed by atoms with Gasteiger partial charge >= 0.3 is 6.03 Å². The Morgan fingerprint density at radius 1 is 0.966 bits per heavy atom. The fourth-order valence-electron chi connectivity index (χ4n) is 4.37. The summed E-state index contributed by atoms with van der Waals surface area (Å²) in [5.74, 6) is 0.405. The second-order valence-electron chi connectivity index (χ2n) is 9.29. The number of nitrogens with zero attached hydrogens (tertiary/aromatic N) is 3. The lowest BCUT2D eigenvalue weighted by Gasteiger charge is -2.42. The van der Waals surface area contributed by atoms with Crippen molar-refractivity contribution in [2.45, 2.75) is 53.0 Å². The molecule has 2 heterocycles. The second-order valence-corrected chi connectivity index (χ2v) is 9.29. The zero-order valence-electron chi connectivity index (χ0n) is 18.3. The van der Waals surface area contributed by atoms with E-state index in [9.17, 15) is 14.4 Å². The zero-order chi connectivity index (χ0) is 21.3. The average molecular weight is 400 g/mol. The molecule has 2 aliphatic rings. The van der Waals surface area contributed by atoms with Crippen LogP contribution in [0, 0.1) is 18.8 Å². The van der Waals surface area contributed by atoms with Gasteiger partial charge in [-0.2, -0.15) is 0 Å². The van der Waals surface area contributed by atoms with E-state index >= 15 is 0 Å². The first-order chi connectivity index (χ1) is 13.7. The van der Waals surface area contributed by atoms with E-state index in [1.165, 1.54) is 4.90 Å². The molecule has 158 valence electrons. The van der Waals surface area contributed by atoms with Gasteiger partial charge in [-0.3, -0.25) is 14.5 Å². The Bertz CT molecular complexity index is 777. The number of hydrogen-bond donors (Lipinski definition) is 0. The Labute approximate surface area is 173 Å². The topological polar surface area (TPSA) is 60.9 Å². The number of carbonyl (C=O) groups excluding carboxylic acids is 3. The monoisotopic (exact) mass is 399 g/mol. The lowest BCUT2D eigenvalue weighted by Crippen LogP contribution is -2.58. The minimum Gasteiger partial charge on any atom is -0.338 e. The van der Waals surface area contributed by atoms with Gasteiger partial charge in [0.1, 0.15) is 5.54 Å². The summed E-state index contributed by atoms with van der Waals surface area (Å²) >= 11 is 0. The lowest BCUT2D eigenvalue weighted by molar-refractivity contribution is -0.135. The van der Waals surface area contributed by atoms with Crippen molar-refractivity contribution in [1.29, 1.82) is 0 Å². The number of likely N-dealkylation sites (tertiary alicyclic amines) is 1. The molecule has 3 rings (SSSR count). The molecule has 0 bridgehead atoms. The number of rotatable bonds is 5. The predicted molar refractivity (Wildman–Crippen MR) is 113 cm³/mol. The number of imide groups is 1. The third-order valence-electron chi connectivity index (χ3n) is 5.89. The molecule has 0 atom stereocenters. The molecule has 4 amide bonds. The van der Waals surface area contributed by atoms with E-state index in [0.29, 0.717) is 44.6 Å². The van der Waals surface area contributed by atoms with E-state index in [-0.39, 0.29) is 29.7 Å². The molecule has 6 heteroatoms. The van der Waals surface area contributed by atoms with Gasteiger partial charge in [-0.1, -0.05) is 45.4 Å². The van der Waals surface area contributed by atoms with E-state index in [4.69, 9.17) is 0 Å². The Hall–Kier alpha value is -2.37.